The van der Waals surface area contributed by atoms with E-state index >= 15 is 0 Å². The molecule has 1 aliphatic heterocycles. The Morgan fingerprint density at radius 2 is 1.66 bits per heavy atom. The summed E-state index contributed by atoms with van der Waals surface area (Å²) >= 11 is 5.97. The van der Waals surface area contributed by atoms with E-state index in [2.05, 4.69) is 4.90 Å². The number of benzene rings is 2. The molecule has 1 fully saturated rings. The van der Waals surface area contributed by atoms with Gasteiger partial charge in [0.05, 0.1) is 17.8 Å². The molecule has 0 radical (unpaired) electrons. The molecule has 0 saturated carbocycles. The van der Waals surface area contributed by atoms with Crippen molar-refractivity contribution in [2.75, 3.05) is 58.3 Å². The highest BCUT2D eigenvalue weighted by Crippen LogP contribution is 2.31. The maximum Gasteiger partial charge on any atom is 0.345 e. The summed E-state index contributed by atoms with van der Waals surface area (Å²) in [5, 5.41) is 1.41. The molecule has 0 bridgehead atoms. The van der Waals surface area contributed by atoms with Crippen LogP contribution in [0.2, 0.25) is 5.02 Å². The molecule has 1 amide bonds. The SMILES string of the molecule is C.CCOC(=O)c1c(N2CCN(C(=O)c3ccc(Cl)cc3)CC2)c2ccccc2n(CCCN(C)C)c1=O. The molecule has 0 atom stereocenters. The highest BCUT2D eigenvalue weighted by atomic mass is 35.5. The number of aromatic nitrogens is 1. The number of para-hydroxylation sites is 1. The van der Waals surface area contributed by atoms with Crippen molar-refractivity contribution >= 4 is 40.1 Å². The Kier molecular flexibility index (Phi) is 9.94. The van der Waals surface area contributed by atoms with Crippen molar-refractivity contribution in [1.29, 1.82) is 0 Å². The molecule has 8 nitrogen and oxygen atoms in total. The fraction of sp³-hybridized carbons (Fsp3) is 0.414. The summed E-state index contributed by atoms with van der Waals surface area (Å²) in [6.45, 7) is 5.12. The van der Waals surface area contributed by atoms with Gasteiger partial charge in [0, 0.05) is 48.7 Å². The van der Waals surface area contributed by atoms with E-state index in [0.29, 0.717) is 49.0 Å². The number of nitrogens with zero attached hydrogens (tertiary/aromatic N) is 4. The Morgan fingerprint density at radius 3 is 2.29 bits per heavy atom. The number of aryl methyl sites for hydroxylation is 1. The molecule has 1 aliphatic rings. The molecule has 0 N–H and O–H groups in total. The van der Waals surface area contributed by atoms with Crippen LogP contribution in [0, 0.1) is 0 Å². The van der Waals surface area contributed by atoms with Crippen molar-refractivity contribution in [3.05, 3.63) is 75.0 Å². The van der Waals surface area contributed by atoms with Gasteiger partial charge >= 0.3 is 5.97 Å². The lowest BCUT2D eigenvalue weighted by Crippen LogP contribution is -2.49. The lowest BCUT2D eigenvalue weighted by Gasteiger charge is -2.37. The fourth-order valence-electron chi connectivity index (χ4n) is 4.78. The molecule has 0 spiro atoms. The second kappa shape index (κ2) is 12.9. The number of anilines is 1. The third-order valence-electron chi connectivity index (χ3n) is 6.59. The highest BCUT2D eigenvalue weighted by Gasteiger charge is 2.30. The molecule has 2 heterocycles. The zero-order valence-corrected chi connectivity index (χ0v) is 22.3. The second-order valence-corrected chi connectivity index (χ2v) is 9.80. The summed E-state index contributed by atoms with van der Waals surface area (Å²) < 4.78 is 7.04. The van der Waals surface area contributed by atoms with Crippen LogP contribution in [-0.4, -0.2) is 79.7 Å². The number of halogens is 1. The quantitative estimate of drug-likeness (QED) is 0.395. The molecule has 1 saturated heterocycles. The molecule has 3 aromatic rings. The molecule has 0 unspecified atom stereocenters. The minimum Gasteiger partial charge on any atom is -0.462 e. The minimum absolute atomic E-state index is 0. The third kappa shape index (κ3) is 6.19. The van der Waals surface area contributed by atoms with E-state index in [1.165, 1.54) is 0 Å². The maximum absolute atomic E-state index is 13.8. The van der Waals surface area contributed by atoms with E-state index in [0.717, 1.165) is 23.9 Å². The van der Waals surface area contributed by atoms with Crippen LogP contribution >= 0.6 is 11.6 Å². The normalized spacial score (nSPS) is 13.5. The van der Waals surface area contributed by atoms with Crippen LogP contribution in [0.15, 0.2) is 53.3 Å². The van der Waals surface area contributed by atoms with E-state index < -0.39 is 5.97 Å². The predicted molar refractivity (Wildman–Crippen MR) is 154 cm³/mol. The third-order valence-corrected chi connectivity index (χ3v) is 6.84. The molecule has 204 valence electrons. The highest BCUT2D eigenvalue weighted by molar-refractivity contribution is 6.30. The zero-order chi connectivity index (χ0) is 26.5. The number of hydrogen-bond donors (Lipinski definition) is 0. The molecule has 9 heteroatoms. The number of fused-ring (bicyclic) bond motifs is 1. The number of carbonyl (C=O) groups is 2. The number of ether oxygens (including phenoxy) is 1. The van der Waals surface area contributed by atoms with Crippen LogP contribution in [0.1, 0.15) is 41.5 Å². The van der Waals surface area contributed by atoms with E-state index in [9.17, 15) is 14.4 Å². The Hall–Kier alpha value is -3.36. The van der Waals surface area contributed by atoms with Gasteiger partial charge in [0.2, 0.25) is 0 Å². The number of rotatable bonds is 8. The summed E-state index contributed by atoms with van der Waals surface area (Å²) in [6.07, 6.45) is 0.768. The van der Waals surface area contributed by atoms with Gasteiger partial charge in [-0.3, -0.25) is 9.59 Å². The van der Waals surface area contributed by atoms with Gasteiger partial charge in [0.25, 0.3) is 11.5 Å². The maximum atomic E-state index is 13.8. The van der Waals surface area contributed by atoms with Gasteiger partial charge in [0.1, 0.15) is 5.56 Å². The monoisotopic (exact) mass is 540 g/mol. The molecule has 2 aromatic carbocycles. The van der Waals surface area contributed by atoms with Gasteiger partial charge in [-0.1, -0.05) is 37.2 Å². The average Bonchev–Trinajstić information content (AvgIpc) is 2.89. The number of amides is 1. The smallest absolute Gasteiger partial charge is 0.345 e. The summed E-state index contributed by atoms with van der Waals surface area (Å²) in [5.74, 6) is -0.683. The van der Waals surface area contributed by atoms with Gasteiger partial charge in [-0.15, -0.1) is 0 Å². The number of carbonyl (C=O) groups excluding carboxylic acids is 2. The average molecular weight is 541 g/mol. The number of pyridine rings is 1. The van der Waals surface area contributed by atoms with Crippen LogP contribution < -0.4 is 10.5 Å². The van der Waals surface area contributed by atoms with Crippen molar-refractivity contribution in [1.82, 2.24) is 14.4 Å². The van der Waals surface area contributed by atoms with Crippen LogP contribution in [0.5, 0.6) is 0 Å². The van der Waals surface area contributed by atoms with Crippen LogP contribution in [0.4, 0.5) is 5.69 Å². The van der Waals surface area contributed by atoms with E-state index in [1.54, 1.807) is 40.7 Å². The van der Waals surface area contributed by atoms with Crippen molar-refractivity contribution in [3.8, 4) is 0 Å². The fourth-order valence-corrected chi connectivity index (χ4v) is 4.91. The van der Waals surface area contributed by atoms with Crippen LogP contribution in [0.3, 0.4) is 0 Å². The first-order valence-corrected chi connectivity index (χ1v) is 13.0. The topological polar surface area (TPSA) is 75.1 Å². The molecular weight excluding hydrogens is 504 g/mol. The summed E-state index contributed by atoms with van der Waals surface area (Å²) in [4.78, 5) is 45.8. The Morgan fingerprint density at radius 1 is 1.00 bits per heavy atom. The number of esters is 1. The number of piperazine rings is 1. The molecule has 0 aliphatic carbocycles. The summed E-state index contributed by atoms with van der Waals surface area (Å²) in [7, 11) is 3.98. The number of hydrogen-bond acceptors (Lipinski definition) is 6. The Bertz CT molecular complexity index is 1330. The summed E-state index contributed by atoms with van der Waals surface area (Å²) in [6, 6.07) is 14.5. The van der Waals surface area contributed by atoms with E-state index in [4.69, 9.17) is 16.3 Å². The second-order valence-electron chi connectivity index (χ2n) is 9.36. The molecule has 4 rings (SSSR count). The Labute approximate surface area is 229 Å². The Balaban J connectivity index is 0.00000400. The lowest BCUT2D eigenvalue weighted by molar-refractivity contribution is 0.0523. The van der Waals surface area contributed by atoms with Crippen molar-refractivity contribution in [2.45, 2.75) is 27.3 Å². The predicted octanol–water partition coefficient (Wildman–Crippen LogP) is 4.38. The van der Waals surface area contributed by atoms with Gasteiger partial charge in [-0.05, 0) is 64.3 Å². The lowest BCUT2D eigenvalue weighted by atomic mass is 10.1. The van der Waals surface area contributed by atoms with Gasteiger partial charge in [0.15, 0.2) is 0 Å². The first-order chi connectivity index (χ1) is 17.8. The molecule has 38 heavy (non-hydrogen) atoms. The van der Waals surface area contributed by atoms with Crippen molar-refractivity contribution in [2.24, 2.45) is 0 Å². The first kappa shape index (κ1) is 29.2. The van der Waals surface area contributed by atoms with Crippen LogP contribution in [0.25, 0.3) is 10.9 Å². The van der Waals surface area contributed by atoms with E-state index in [-0.39, 0.29) is 31.1 Å². The van der Waals surface area contributed by atoms with Crippen LogP contribution in [-0.2, 0) is 11.3 Å². The summed E-state index contributed by atoms with van der Waals surface area (Å²) in [5.41, 5.74) is 1.67. The van der Waals surface area contributed by atoms with Gasteiger partial charge in [-0.25, -0.2) is 4.79 Å². The largest absolute Gasteiger partial charge is 0.462 e. The van der Waals surface area contributed by atoms with Crippen molar-refractivity contribution in [3.63, 3.8) is 0 Å². The minimum atomic E-state index is -0.616. The van der Waals surface area contributed by atoms with Gasteiger partial charge < -0.3 is 24.0 Å². The van der Waals surface area contributed by atoms with Crippen molar-refractivity contribution < 1.29 is 14.3 Å². The molecule has 1 aromatic heterocycles. The van der Waals surface area contributed by atoms with Gasteiger partial charge in [-0.2, -0.15) is 0 Å². The zero-order valence-electron chi connectivity index (χ0n) is 21.6. The first-order valence-electron chi connectivity index (χ1n) is 12.6. The standard InChI is InChI=1S/C28H33ClN4O4.CH4/c1-4-37-28(36)24-25(22-8-5-6-9-23(22)33(27(24)35)15-7-14-30(2)3)31-16-18-32(19-17-31)26(34)20-10-12-21(29)13-11-20;/h5-6,8-13H,4,7,14-19H2,1-3H3;1H4. The van der Waals surface area contributed by atoms with E-state index in [1.807, 2.05) is 43.3 Å². The molecular formula is C29H37ClN4O4.